The van der Waals surface area contributed by atoms with Crippen molar-refractivity contribution < 1.29 is 41.0 Å². The van der Waals surface area contributed by atoms with E-state index in [0.29, 0.717) is 18.6 Å². The number of halogens is 5. The van der Waals surface area contributed by atoms with Crippen molar-refractivity contribution in [3.05, 3.63) is 41.2 Å². The van der Waals surface area contributed by atoms with E-state index in [2.05, 4.69) is 11.7 Å². The van der Waals surface area contributed by atoms with Crippen LogP contribution in [0.25, 0.3) is 0 Å². The molecule has 0 unspecified atom stereocenters. The summed E-state index contributed by atoms with van der Waals surface area (Å²) in [5.74, 6) is -15.6. The molecular weight excluding hydrogens is 363 g/mol. The number of hydrogen-bond donors (Lipinski definition) is 0. The van der Waals surface area contributed by atoms with E-state index < -0.39 is 46.8 Å². The number of ether oxygens (including phenoxy) is 2. The second-order valence-electron chi connectivity index (χ2n) is 5.24. The number of benzene rings is 1. The summed E-state index contributed by atoms with van der Waals surface area (Å²) >= 11 is 0. The molecular formula is C17H17F5O4. The molecule has 0 heterocycles. The predicted molar refractivity (Wildman–Crippen MR) is 80.7 cm³/mol. The first-order valence-corrected chi connectivity index (χ1v) is 7.87. The van der Waals surface area contributed by atoms with Gasteiger partial charge in [0.15, 0.2) is 0 Å². The van der Waals surface area contributed by atoms with Crippen molar-refractivity contribution in [2.24, 2.45) is 0 Å². The molecule has 0 bridgehead atoms. The van der Waals surface area contributed by atoms with Gasteiger partial charge in [-0.25, -0.2) is 22.8 Å². The van der Waals surface area contributed by atoms with Gasteiger partial charge >= 0.3 is 11.9 Å². The molecule has 144 valence electrons. The van der Waals surface area contributed by atoms with Crippen LogP contribution in [0.3, 0.4) is 0 Å². The van der Waals surface area contributed by atoms with E-state index in [0.717, 1.165) is 25.7 Å². The van der Waals surface area contributed by atoms with Crippen molar-refractivity contribution in [3.8, 4) is 5.75 Å². The molecule has 0 saturated carbocycles. The van der Waals surface area contributed by atoms with Crippen LogP contribution in [0, 0.1) is 29.1 Å². The van der Waals surface area contributed by atoms with Crippen LogP contribution in [0.5, 0.6) is 5.75 Å². The molecule has 0 fully saturated rings. The molecule has 0 atom stereocenters. The monoisotopic (exact) mass is 380 g/mol. The molecule has 0 aliphatic rings. The van der Waals surface area contributed by atoms with Gasteiger partial charge in [-0.15, -0.1) is 0 Å². The van der Waals surface area contributed by atoms with Crippen LogP contribution in [-0.4, -0.2) is 18.5 Å². The molecule has 0 aliphatic heterocycles. The largest absolute Gasteiger partial charge is 0.463 e. The van der Waals surface area contributed by atoms with E-state index in [-0.39, 0.29) is 6.61 Å². The molecule has 4 nitrogen and oxygen atoms in total. The average Bonchev–Trinajstić information content (AvgIpc) is 2.63. The fourth-order valence-electron chi connectivity index (χ4n) is 1.87. The van der Waals surface area contributed by atoms with Gasteiger partial charge in [-0.3, -0.25) is 0 Å². The standard InChI is InChI=1S/C17H17F5O4/c1-2-3-4-5-6-9-25-10(23)7-8-11(24)26-17-15(21)13(19)12(18)14(20)16(17)22/h7-8H,2-6,9H2,1H3/b8-7+. The Morgan fingerprint density at radius 3 is 1.85 bits per heavy atom. The van der Waals surface area contributed by atoms with Crippen LogP contribution in [0.1, 0.15) is 39.0 Å². The number of esters is 2. The van der Waals surface area contributed by atoms with Gasteiger partial charge in [0, 0.05) is 12.2 Å². The molecule has 0 spiro atoms. The summed E-state index contributed by atoms with van der Waals surface area (Å²) in [6.45, 7) is 2.18. The number of carbonyl (C=O) groups excluding carboxylic acids is 2. The Balaban J connectivity index is 2.57. The lowest BCUT2D eigenvalue weighted by Crippen LogP contribution is -2.12. The predicted octanol–water partition coefficient (Wildman–Crippen LogP) is 4.36. The molecule has 0 aliphatic carbocycles. The molecule has 1 aromatic carbocycles. The second-order valence-corrected chi connectivity index (χ2v) is 5.24. The highest BCUT2D eigenvalue weighted by atomic mass is 19.2. The van der Waals surface area contributed by atoms with Crippen molar-refractivity contribution in [3.63, 3.8) is 0 Å². The van der Waals surface area contributed by atoms with Gasteiger partial charge in [0.05, 0.1) is 6.61 Å². The van der Waals surface area contributed by atoms with E-state index in [9.17, 15) is 31.5 Å². The number of unbranched alkanes of at least 4 members (excludes halogenated alkanes) is 4. The van der Waals surface area contributed by atoms with Crippen LogP contribution in [0.2, 0.25) is 0 Å². The van der Waals surface area contributed by atoms with Crippen molar-refractivity contribution >= 4 is 11.9 Å². The van der Waals surface area contributed by atoms with Crippen LogP contribution < -0.4 is 4.74 Å². The average molecular weight is 380 g/mol. The van der Waals surface area contributed by atoms with E-state index in [4.69, 9.17) is 4.74 Å². The zero-order valence-electron chi connectivity index (χ0n) is 13.9. The van der Waals surface area contributed by atoms with Gasteiger partial charge in [-0.05, 0) is 6.42 Å². The van der Waals surface area contributed by atoms with Crippen molar-refractivity contribution in [1.29, 1.82) is 0 Å². The first-order chi connectivity index (χ1) is 12.3. The SMILES string of the molecule is CCCCCCCOC(=O)/C=C/C(=O)Oc1c(F)c(F)c(F)c(F)c1F. The lowest BCUT2D eigenvalue weighted by Gasteiger charge is -2.07. The maximum Gasteiger partial charge on any atom is 0.336 e. The topological polar surface area (TPSA) is 52.6 Å². The lowest BCUT2D eigenvalue weighted by atomic mass is 10.2. The summed E-state index contributed by atoms with van der Waals surface area (Å²) in [6.07, 6.45) is 5.71. The Hall–Kier alpha value is -2.45. The Bertz CT molecular complexity index is 659. The Morgan fingerprint density at radius 2 is 1.27 bits per heavy atom. The molecule has 1 rings (SSSR count). The van der Waals surface area contributed by atoms with Crippen LogP contribution >= 0.6 is 0 Å². The van der Waals surface area contributed by atoms with E-state index >= 15 is 0 Å². The van der Waals surface area contributed by atoms with Gasteiger partial charge in [0.2, 0.25) is 34.8 Å². The second kappa shape index (κ2) is 10.5. The Labute approximate surface area is 146 Å². The highest BCUT2D eigenvalue weighted by molar-refractivity contribution is 5.92. The third-order valence-electron chi connectivity index (χ3n) is 3.22. The highest BCUT2D eigenvalue weighted by Crippen LogP contribution is 2.29. The smallest absolute Gasteiger partial charge is 0.336 e. The highest BCUT2D eigenvalue weighted by Gasteiger charge is 2.28. The third kappa shape index (κ3) is 6.12. The zero-order chi connectivity index (χ0) is 19.7. The molecule has 0 aromatic heterocycles. The quantitative estimate of drug-likeness (QED) is 0.122. The molecule has 0 amide bonds. The molecule has 0 radical (unpaired) electrons. The van der Waals surface area contributed by atoms with Crippen molar-refractivity contribution in [1.82, 2.24) is 0 Å². The number of hydrogen-bond acceptors (Lipinski definition) is 4. The summed E-state index contributed by atoms with van der Waals surface area (Å²) in [5, 5.41) is 0. The Kier molecular flexibility index (Phi) is 8.74. The van der Waals surface area contributed by atoms with Crippen LogP contribution in [0.4, 0.5) is 22.0 Å². The normalized spacial score (nSPS) is 11.0. The fourth-order valence-corrected chi connectivity index (χ4v) is 1.87. The summed E-state index contributed by atoms with van der Waals surface area (Å²) in [5.41, 5.74) is 0. The summed E-state index contributed by atoms with van der Waals surface area (Å²) < 4.78 is 74.3. The van der Waals surface area contributed by atoms with Gasteiger partial charge < -0.3 is 9.47 Å². The summed E-state index contributed by atoms with van der Waals surface area (Å²) in [7, 11) is 0. The first kappa shape index (κ1) is 21.6. The minimum atomic E-state index is -2.38. The van der Waals surface area contributed by atoms with Crippen LogP contribution in [0.15, 0.2) is 12.2 Å². The van der Waals surface area contributed by atoms with Crippen LogP contribution in [-0.2, 0) is 14.3 Å². The number of carbonyl (C=O) groups is 2. The Morgan fingerprint density at radius 1 is 0.769 bits per heavy atom. The molecule has 0 saturated heterocycles. The molecule has 9 heteroatoms. The van der Waals surface area contributed by atoms with Gasteiger partial charge in [-0.1, -0.05) is 32.6 Å². The minimum Gasteiger partial charge on any atom is -0.463 e. The van der Waals surface area contributed by atoms with E-state index in [1.54, 1.807) is 0 Å². The van der Waals surface area contributed by atoms with Gasteiger partial charge in [-0.2, -0.15) is 8.78 Å². The maximum absolute atomic E-state index is 13.3. The first-order valence-electron chi connectivity index (χ1n) is 7.87. The fraction of sp³-hybridized carbons (Fsp3) is 0.412. The molecule has 1 aromatic rings. The number of rotatable bonds is 9. The zero-order valence-corrected chi connectivity index (χ0v) is 13.9. The minimum absolute atomic E-state index is 0.125. The molecule has 26 heavy (non-hydrogen) atoms. The third-order valence-corrected chi connectivity index (χ3v) is 3.22. The lowest BCUT2D eigenvalue weighted by molar-refractivity contribution is -0.138. The van der Waals surface area contributed by atoms with Gasteiger partial charge in [0.1, 0.15) is 0 Å². The maximum atomic E-state index is 13.3. The summed E-state index contributed by atoms with van der Waals surface area (Å²) in [6, 6.07) is 0. The van der Waals surface area contributed by atoms with Crippen molar-refractivity contribution in [2.45, 2.75) is 39.0 Å². The van der Waals surface area contributed by atoms with Crippen molar-refractivity contribution in [2.75, 3.05) is 6.61 Å². The summed E-state index contributed by atoms with van der Waals surface area (Å²) in [4.78, 5) is 22.7. The van der Waals surface area contributed by atoms with E-state index in [1.165, 1.54) is 0 Å². The van der Waals surface area contributed by atoms with Gasteiger partial charge in [0.25, 0.3) is 0 Å². The van der Waals surface area contributed by atoms with E-state index in [1.807, 2.05) is 0 Å². The molecule has 0 N–H and O–H groups in total.